The number of aryl methyl sites for hydroxylation is 1. The van der Waals surface area contributed by atoms with Gasteiger partial charge in [0, 0.05) is 64.0 Å². The van der Waals surface area contributed by atoms with E-state index in [0.29, 0.717) is 51.3 Å². The number of imide groups is 1. The van der Waals surface area contributed by atoms with Crippen LogP contribution >= 0.6 is 0 Å². The van der Waals surface area contributed by atoms with Crippen molar-refractivity contribution in [1.29, 1.82) is 0 Å². The van der Waals surface area contributed by atoms with Crippen LogP contribution in [0.4, 0.5) is 5.82 Å². The van der Waals surface area contributed by atoms with Crippen LogP contribution in [0.15, 0.2) is 24.8 Å². The lowest BCUT2D eigenvalue weighted by molar-refractivity contribution is -0.147. The summed E-state index contributed by atoms with van der Waals surface area (Å²) in [5, 5.41) is 0. The van der Waals surface area contributed by atoms with Crippen molar-refractivity contribution in [2.24, 2.45) is 0 Å². The van der Waals surface area contributed by atoms with Gasteiger partial charge >= 0.3 is 0 Å². The van der Waals surface area contributed by atoms with Crippen LogP contribution in [0.25, 0.3) is 5.82 Å². The molecule has 12 heteroatoms. The number of piperazine rings is 1. The highest BCUT2D eigenvalue weighted by Gasteiger charge is 2.31. The summed E-state index contributed by atoms with van der Waals surface area (Å²) >= 11 is 0. The minimum Gasteiger partial charge on any atom is -0.354 e. The number of imidazole rings is 1. The zero-order valence-corrected chi connectivity index (χ0v) is 18.2. The molecule has 0 N–H and O–H groups in total. The predicted molar refractivity (Wildman–Crippen MR) is 112 cm³/mol. The van der Waals surface area contributed by atoms with E-state index in [9.17, 15) is 18.0 Å². The molecular formula is C19H25N7O4S. The van der Waals surface area contributed by atoms with E-state index in [1.54, 1.807) is 6.20 Å². The Labute approximate surface area is 180 Å². The van der Waals surface area contributed by atoms with Crippen molar-refractivity contribution in [2.45, 2.75) is 26.2 Å². The number of carbonyl (C=O) groups is 2. The zero-order chi connectivity index (χ0) is 22.0. The summed E-state index contributed by atoms with van der Waals surface area (Å²) in [5.41, 5.74) is 0. The Morgan fingerprint density at radius 3 is 2.29 bits per heavy atom. The van der Waals surface area contributed by atoms with Gasteiger partial charge in [-0.2, -0.15) is 4.31 Å². The highest BCUT2D eigenvalue weighted by molar-refractivity contribution is 7.89. The number of aromatic nitrogens is 4. The molecule has 2 aromatic heterocycles. The number of amides is 2. The van der Waals surface area contributed by atoms with E-state index in [0.717, 1.165) is 16.5 Å². The summed E-state index contributed by atoms with van der Waals surface area (Å²) in [5.74, 6) is 1.41. The first-order valence-corrected chi connectivity index (χ1v) is 11.8. The molecule has 2 aromatic rings. The van der Waals surface area contributed by atoms with E-state index in [1.807, 2.05) is 28.7 Å². The number of hydrogen-bond acceptors (Lipinski definition) is 8. The van der Waals surface area contributed by atoms with E-state index in [-0.39, 0.29) is 24.1 Å². The maximum absolute atomic E-state index is 12.8. The second-order valence-electron chi connectivity index (χ2n) is 7.57. The zero-order valence-electron chi connectivity index (χ0n) is 17.3. The smallest absolute Gasteiger partial charge is 0.229 e. The minimum atomic E-state index is -3.57. The van der Waals surface area contributed by atoms with Crippen LogP contribution in [-0.2, 0) is 19.6 Å². The third kappa shape index (κ3) is 4.59. The van der Waals surface area contributed by atoms with Gasteiger partial charge in [-0.05, 0) is 13.3 Å². The second-order valence-corrected chi connectivity index (χ2v) is 9.66. The molecule has 31 heavy (non-hydrogen) atoms. The van der Waals surface area contributed by atoms with Crippen LogP contribution in [0.1, 0.15) is 25.1 Å². The fourth-order valence-corrected chi connectivity index (χ4v) is 5.23. The van der Waals surface area contributed by atoms with E-state index in [1.165, 1.54) is 10.6 Å². The Balaban J connectivity index is 1.36. The Morgan fingerprint density at radius 2 is 1.65 bits per heavy atom. The monoisotopic (exact) mass is 447 g/mol. The number of nitrogens with zero attached hydrogens (tertiary/aromatic N) is 7. The maximum atomic E-state index is 12.8. The van der Waals surface area contributed by atoms with Crippen molar-refractivity contribution in [3.63, 3.8) is 0 Å². The van der Waals surface area contributed by atoms with Gasteiger partial charge in [0.2, 0.25) is 21.8 Å². The van der Waals surface area contributed by atoms with Gasteiger partial charge in [-0.15, -0.1) is 0 Å². The summed E-state index contributed by atoms with van der Waals surface area (Å²) in [7, 11) is -3.57. The Morgan fingerprint density at radius 1 is 0.968 bits per heavy atom. The van der Waals surface area contributed by atoms with Crippen molar-refractivity contribution in [3.8, 4) is 5.82 Å². The Bertz CT molecular complexity index is 1060. The molecule has 4 heterocycles. The van der Waals surface area contributed by atoms with Crippen molar-refractivity contribution >= 4 is 27.7 Å². The predicted octanol–water partition coefficient (Wildman–Crippen LogP) is -0.0384. The maximum Gasteiger partial charge on any atom is 0.229 e. The van der Waals surface area contributed by atoms with Crippen LogP contribution in [0.3, 0.4) is 0 Å². The molecule has 2 fully saturated rings. The lowest BCUT2D eigenvalue weighted by Crippen LogP contribution is -2.51. The molecule has 0 aliphatic carbocycles. The molecule has 0 bridgehead atoms. The van der Waals surface area contributed by atoms with E-state index in [2.05, 4.69) is 15.0 Å². The quantitative estimate of drug-likeness (QED) is 0.566. The number of anilines is 1. The molecule has 0 spiro atoms. The summed E-state index contributed by atoms with van der Waals surface area (Å²) in [6.45, 7) is 3.40. The summed E-state index contributed by atoms with van der Waals surface area (Å²) in [6, 6.07) is 1.85. The first kappa shape index (κ1) is 21.4. The van der Waals surface area contributed by atoms with Crippen molar-refractivity contribution in [2.75, 3.05) is 43.4 Å². The van der Waals surface area contributed by atoms with E-state index in [4.69, 9.17) is 0 Å². The van der Waals surface area contributed by atoms with Crippen LogP contribution < -0.4 is 4.90 Å². The van der Waals surface area contributed by atoms with Gasteiger partial charge in [-0.3, -0.25) is 19.1 Å². The SMILES string of the molecule is Cc1nccn1-c1cc(N2CCN(S(=O)(=O)CCN3C(=O)CCCC3=O)CC2)ncn1. The number of hydrogen-bond donors (Lipinski definition) is 0. The van der Waals surface area contributed by atoms with Crippen LogP contribution in [-0.4, -0.2) is 87.4 Å². The Kier molecular flexibility index (Phi) is 6.01. The molecule has 0 saturated carbocycles. The van der Waals surface area contributed by atoms with Crippen LogP contribution in [0.2, 0.25) is 0 Å². The Hall–Kier alpha value is -2.86. The van der Waals surface area contributed by atoms with Gasteiger partial charge in [0.1, 0.15) is 23.8 Å². The molecule has 166 valence electrons. The van der Waals surface area contributed by atoms with Gasteiger partial charge in [-0.1, -0.05) is 0 Å². The van der Waals surface area contributed by atoms with Gasteiger partial charge in [0.25, 0.3) is 0 Å². The first-order valence-electron chi connectivity index (χ1n) is 10.2. The second kappa shape index (κ2) is 8.71. The fourth-order valence-electron chi connectivity index (χ4n) is 3.84. The molecule has 0 unspecified atom stereocenters. The molecule has 2 aliphatic heterocycles. The lowest BCUT2D eigenvalue weighted by Gasteiger charge is -2.35. The average molecular weight is 448 g/mol. The summed E-state index contributed by atoms with van der Waals surface area (Å²) < 4.78 is 28.8. The van der Waals surface area contributed by atoms with Crippen molar-refractivity contribution < 1.29 is 18.0 Å². The number of likely N-dealkylation sites (tertiary alicyclic amines) is 1. The molecule has 4 rings (SSSR count). The number of rotatable bonds is 6. The average Bonchev–Trinajstić information content (AvgIpc) is 3.19. The van der Waals surface area contributed by atoms with Gasteiger partial charge < -0.3 is 4.90 Å². The molecule has 2 saturated heterocycles. The molecule has 11 nitrogen and oxygen atoms in total. The van der Waals surface area contributed by atoms with Gasteiger partial charge in [-0.25, -0.2) is 23.4 Å². The molecule has 0 atom stereocenters. The lowest BCUT2D eigenvalue weighted by atomic mass is 10.1. The molecule has 2 amide bonds. The highest BCUT2D eigenvalue weighted by Crippen LogP contribution is 2.19. The van der Waals surface area contributed by atoms with Crippen molar-refractivity contribution in [1.82, 2.24) is 28.7 Å². The molecule has 0 aromatic carbocycles. The minimum absolute atomic E-state index is 0.0836. The fraction of sp³-hybridized carbons (Fsp3) is 0.526. The van der Waals surface area contributed by atoms with E-state index < -0.39 is 10.0 Å². The highest BCUT2D eigenvalue weighted by atomic mass is 32.2. The normalized spacial score (nSPS) is 18.6. The molecule has 2 aliphatic rings. The first-order chi connectivity index (χ1) is 14.8. The standard InChI is InChI=1S/C19H25N7O4S/c1-15-20-5-6-25(15)17-13-16(21-14-22-17)23-7-9-24(10-8-23)31(29,30)12-11-26-18(27)3-2-4-19(26)28/h5-6,13-14H,2-4,7-12H2,1H3. The largest absolute Gasteiger partial charge is 0.354 e. The number of piperidine rings is 1. The third-order valence-corrected chi connectivity index (χ3v) is 7.47. The van der Waals surface area contributed by atoms with Crippen molar-refractivity contribution in [3.05, 3.63) is 30.6 Å². The topological polar surface area (TPSA) is 122 Å². The molecule has 0 radical (unpaired) electrons. The van der Waals surface area contributed by atoms with Crippen LogP contribution in [0, 0.1) is 6.92 Å². The molecular weight excluding hydrogens is 422 g/mol. The number of carbonyl (C=O) groups excluding carboxylic acids is 2. The summed E-state index contributed by atoms with van der Waals surface area (Å²) in [6.07, 6.45) is 6.14. The number of sulfonamides is 1. The van der Waals surface area contributed by atoms with Gasteiger partial charge in [0.05, 0.1) is 5.75 Å². The third-order valence-electron chi connectivity index (χ3n) is 5.62. The van der Waals surface area contributed by atoms with Crippen LogP contribution in [0.5, 0.6) is 0 Å². The summed E-state index contributed by atoms with van der Waals surface area (Å²) in [4.78, 5) is 39.7. The van der Waals surface area contributed by atoms with Gasteiger partial charge in [0.15, 0.2) is 0 Å². The van der Waals surface area contributed by atoms with E-state index >= 15 is 0 Å².